The van der Waals surface area contributed by atoms with Crippen molar-refractivity contribution in [3.05, 3.63) is 108 Å². The fourth-order valence-electron chi connectivity index (χ4n) is 3.94. The lowest BCUT2D eigenvalue weighted by Gasteiger charge is -2.24. The second kappa shape index (κ2) is 10.6. The lowest BCUT2D eigenvalue weighted by atomic mass is 10.1. The number of carbonyl (C=O) groups is 1. The van der Waals surface area contributed by atoms with E-state index in [1.165, 1.54) is 12.1 Å². The van der Waals surface area contributed by atoms with Gasteiger partial charge in [0.2, 0.25) is 5.91 Å². The molecule has 5 aromatic rings. The number of fused-ring (bicyclic) bond motifs is 1. The third-order valence-corrected chi connectivity index (χ3v) is 5.97. The Morgan fingerprint density at radius 1 is 0.972 bits per heavy atom. The van der Waals surface area contributed by atoms with Crippen LogP contribution in [0, 0.1) is 5.82 Å². The predicted molar refractivity (Wildman–Crippen MR) is 139 cm³/mol. The van der Waals surface area contributed by atoms with Gasteiger partial charge in [-0.05, 0) is 54.6 Å². The number of hydrogen-bond acceptors (Lipinski definition) is 5. The second-order valence-electron chi connectivity index (χ2n) is 8.18. The van der Waals surface area contributed by atoms with Crippen LogP contribution in [-0.2, 0) is 11.3 Å². The van der Waals surface area contributed by atoms with Crippen LogP contribution < -0.4 is 10.2 Å². The van der Waals surface area contributed by atoms with Crippen LogP contribution in [0.2, 0.25) is 5.02 Å². The first kappa shape index (κ1) is 23.5. The Bertz CT molecular complexity index is 1510. The van der Waals surface area contributed by atoms with E-state index in [1.54, 1.807) is 24.5 Å². The highest BCUT2D eigenvalue weighted by Gasteiger charge is 2.19. The smallest absolute Gasteiger partial charge is 0.226 e. The van der Waals surface area contributed by atoms with Gasteiger partial charge in [-0.15, -0.1) is 0 Å². The monoisotopic (exact) mass is 500 g/mol. The van der Waals surface area contributed by atoms with Crippen LogP contribution in [0.4, 0.5) is 15.9 Å². The molecule has 0 aliphatic rings. The van der Waals surface area contributed by atoms with Gasteiger partial charge in [0.05, 0.1) is 23.3 Å². The molecule has 180 valence electrons. The molecule has 0 atom stereocenters. The summed E-state index contributed by atoms with van der Waals surface area (Å²) in [4.78, 5) is 24.3. The number of carbonyl (C=O) groups excluding carboxylic acids is 1. The molecule has 5 rings (SSSR count). The Hall–Kier alpha value is -4.23. The van der Waals surface area contributed by atoms with Crippen LogP contribution in [0.5, 0.6) is 0 Å². The molecule has 0 aliphatic heterocycles. The zero-order valence-electron chi connectivity index (χ0n) is 19.2. The van der Waals surface area contributed by atoms with Crippen LogP contribution in [0.25, 0.3) is 22.3 Å². The van der Waals surface area contributed by atoms with Crippen molar-refractivity contribution >= 4 is 39.9 Å². The van der Waals surface area contributed by atoms with Gasteiger partial charge < -0.3 is 14.6 Å². The molecule has 0 unspecified atom stereocenters. The Kier molecular flexibility index (Phi) is 6.91. The van der Waals surface area contributed by atoms with Crippen molar-refractivity contribution in [3.8, 4) is 11.4 Å². The standard InChI is InChI=1S/C28H22ClFN4O2/c29-24-12-3-1-10-22(24)27-32-25-13-4-2-11-23(25)28(33-27)34(18-21-9-6-16-36-21)15-14-26(35)31-20-8-5-7-19(30)17-20/h1-13,16-17H,14-15,18H2,(H,31,35). The molecular formula is C28H22ClFN4O2. The summed E-state index contributed by atoms with van der Waals surface area (Å²) < 4.78 is 19.1. The quantitative estimate of drug-likeness (QED) is 0.256. The van der Waals surface area contributed by atoms with Crippen molar-refractivity contribution in [2.24, 2.45) is 0 Å². The Balaban J connectivity index is 1.50. The number of halogens is 2. The first-order chi connectivity index (χ1) is 17.6. The van der Waals surface area contributed by atoms with Crippen LogP contribution >= 0.6 is 11.6 Å². The van der Waals surface area contributed by atoms with E-state index in [4.69, 9.17) is 26.0 Å². The number of nitrogens with one attached hydrogen (secondary N) is 1. The minimum absolute atomic E-state index is 0.150. The summed E-state index contributed by atoms with van der Waals surface area (Å²) >= 11 is 6.46. The highest BCUT2D eigenvalue weighted by atomic mass is 35.5. The maximum absolute atomic E-state index is 13.5. The number of para-hydroxylation sites is 1. The van der Waals surface area contributed by atoms with E-state index in [9.17, 15) is 9.18 Å². The highest BCUT2D eigenvalue weighted by Crippen LogP contribution is 2.31. The lowest BCUT2D eigenvalue weighted by Crippen LogP contribution is -2.28. The van der Waals surface area contributed by atoms with Crippen LogP contribution in [0.1, 0.15) is 12.2 Å². The van der Waals surface area contributed by atoms with Gasteiger partial charge in [-0.25, -0.2) is 14.4 Å². The molecular weight excluding hydrogens is 479 g/mol. The zero-order chi connectivity index (χ0) is 24.9. The highest BCUT2D eigenvalue weighted by molar-refractivity contribution is 6.33. The molecule has 3 aromatic carbocycles. The molecule has 1 N–H and O–H groups in total. The fraction of sp³-hybridized carbons (Fsp3) is 0.107. The van der Waals surface area contributed by atoms with E-state index in [-0.39, 0.29) is 12.3 Å². The number of benzene rings is 3. The van der Waals surface area contributed by atoms with Crippen molar-refractivity contribution in [2.45, 2.75) is 13.0 Å². The van der Waals surface area contributed by atoms with Crippen LogP contribution in [0.15, 0.2) is 95.6 Å². The molecule has 8 heteroatoms. The summed E-state index contributed by atoms with van der Waals surface area (Å²) in [5.74, 6) is 1.22. The molecule has 36 heavy (non-hydrogen) atoms. The molecule has 1 amide bonds. The van der Waals surface area contributed by atoms with Gasteiger partial charge in [0.15, 0.2) is 5.82 Å². The van der Waals surface area contributed by atoms with Gasteiger partial charge in [0.25, 0.3) is 0 Å². The molecule has 0 aliphatic carbocycles. The molecule has 2 aromatic heterocycles. The summed E-state index contributed by atoms with van der Waals surface area (Å²) in [7, 11) is 0. The molecule has 6 nitrogen and oxygen atoms in total. The summed E-state index contributed by atoms with van der Waals surface area (Å²) in [6.45, 7) is 0.730. The summed E-state index contributed by atoms with van der Waals surface area (Å²) in [5.41, 5.74) is 1.88. The minimum atomic E-state index is -0.410. The van der Waals surface area contributed by atoms with Crippen molar-refractivity contribution in [3.63, 3.8) is 0 Å². The average Bonchev–Trinajstić information content (AvgIpc) is 3.39. The van der Waals surface area contributed by atoms with E-state index in [2.05, 4.69) is 5.32 Å². The Morgan fingerprint density at radius 3 is 2.61 bits per heavy atom. The largest absolute Gasteiger partial charge is 0.467 e. The van der Waals surface area contributed by atoms with Crippen molar-refractivity contribution in [1.82, 2.24) is 9.97 Å². The average molecular weight is 501 g/mol. The number of aromatic nitrogens is 2. The first-order valence-electron chi connectivity index (χ1n) is 11.4. The number of amides is 1. The molecule has 2 heterocycles. The topological polar surface area (TPSA) is 71.3 Å². The van der Waals surface area contributed by atoms with E-state index >= 15 is 0 Å². The molecule has 0 radical (unpaired) electrons. The summed E-state index contributed by atoms with van der Waals surface area (Å²) in [6, 6.07) is 24.6. The normalized spacial score (nSPS) is 10.9. The zero-order valence-corrected chi connectivity index (χ0v) is 20.0. The van der Waals surface area contributed by atoms with Gasteiger partial charge in [0, 0.05) is 29.6 Å². The van der Waals surface area contributed by atoms with E-state index in [0.717, 1.165) is 16.7 Å². The maximum atomic E-state index is 13.5. The third-order valence-electron chi connectivity index (χ3n) is 5.64. The van der Waals surface area contributed by atoms with Crippen LogP contribution in [0.3, 0.4) is 0 Å². The number of hydrogen-bond donors (Lipinski definition) is 1. The van der Waals surface area contributed by atoms with Gasteiger partial charge >= 0.3 is 0 Å². The lowest BCUT2D eigenvalue weighted by molar-refractivity contribution is -0.116. The number of anilines is 2. The Morgan fingerprint density at radius 2 is 1.81 bits per heavy atom. The third kappa shape index (κ3) is 5.37. The molecule has 0 saturated carbocycles. The maximum Gasteiger partial charge on any atom is 0.226 e. The van der Waals surface area contributed by atoms with E-state index < -0.39 is 5.82 Å². The minimum Gasteiger partial charge on any atom is -0.467 e. The van der Waals surface area contributed by atoms with E-state index in [1.807, 2.05) is 59.5 Å². The molecule has 0 saturated heterocycles. The van der Waals surface area contributed by atoms with Crippen molar-refractivity contribution in [1.29, 1.82) is 0 Å². The second-order valence-corrected chi connectivity index (χ2v) is 8.58. The number of rotatable bonds is 8. The van der Waals surface area contributed by atoms with Crippen molar-refractivity contribution < 1.29 is 13.6 Å². The number of furan rings is 1. The van der Waals surface area contributed by atoms with Crippen molar-refractivity contribution in [2.75, 3.05) is 16.8 Å². The first-order valence-corrected chi connectivity index (χ1v) is 11.8. The van der Waals surface area contributed by atoms with E-state index in [0.29, 0.717) is 41.0 Å². The number of nitrogens with zero attached hydrogens (tertiary/aromatic N) is 3. The van der Waals surface area contributed by atoms with Gasteiger partial charge in [-0.3, -0.25) is 4.79 Å². The predicted octanol–water partition coefficient (Wildman–Crippen LogP) is 6.72. The molecule has 0 bridgehead atoms. The SMILES string of the molecule is O=C(CCN(Cc1ccco1)c1nc(-c2ccccc2Cl)nc2ccccc12)Nc1cccc(F)c1. The summed E-state index contributed by atoms with van der Waals surface area (Å²) in [5, 5.41) is 4.14. The Labute approximate surface area is 212 Å². The summed E-state index contributed by atoms with van der Waals surface area (Å²) in [6.07, 6.45) is 1.76. The van der Waals surface area contributed by atoms with Gasteiger partial charge in [-0.1, -0.05) is 41.9 Å². The molecule has 0 fully saturated rings. The van der Waals surface area contributed by atoms with Gasteiger partial charge in [0.1, 0.15) is 17.4 Å². The van der Waals surface area contributed by atoms with Crippen LogP contribution in [-0.4, -0.2) is 22.4 Å². The van der Waals surface area contributed by atoms with Gasteiger partial charge in [-0.2, -0.15) is 0 Å². The fourth-order valence-corrected chi connectivity index (χ4v) is 4.16. The molecule has 0 spiro atoms.